The Labute approximate surface area is 158 Å². The van der Waals surface area contributed by atoms with Crippen LogP contribution in [0.5, 0.6) is 11.5 Å². The van der Waals surface area contributed by atoms with Gasteiger partial charge in [0.25, 0.3) is 0 Å². The van der Waals surface area contributed by atoms with Crippen molar-refractivity contribution in [3.05, 3.63) is 57.7 Å². The van der Waals surface area contributed by atoms with Crippen molar-refractivity contribution in [1.29, 1.82) is 0 Å². The van der Waals surface area contributed by atoms with Gasteiger partial charge in [-0.2, -0.15) is 0 Å². The molecule has 0 aliphatic rings. The summed E-state index contributed by atoms with van der Waals surface area (Å²) in [6.45, 7) is -0.0729. The zero-order valence-corrected chi connectivity index (χ0v) is 14.7. The number of aliphatic carboxylic acids is 1. The van der Waals surface area contributed by atoms with Crippen LogP contribution in [-0.4, -0.2) is 36.0 Å². The lowest BCUT2D eigenvalue weighted by Crippen LogP contribution is -2.12. The van der Waals surface area contributed by atoms with Crippen molar-refractivity contribution in [2.45, 2.75) is 0 Å². The van der Waals surface area contributed by atoms with E-state index >= 15 is 0 Å². The van der Waals surface area contributed by atoms with Gasteiger partial charge in [-0.15, -0.1) is 0 Å². The van der Waals surface area contributed by atoms with Gasteiger partial charge in [0, 0.05) is 5.56 Å². The first kappa shape index (κ1) is 18.8. The number of halogens is 1. The molecule has 3 rings (SSSR count). The molecule has 2 N–H and O–H groups in total. The average molecular weight is 391 g/mol. The van der Waals surface area contributed by atoms with Gasteiger partial charge in [0.15, 0.2) is 11.3 Å². The fraction of sp³-hybridized carbons (Fsp3) is 0.158. The minimum atomic E-state index is -1.05. The van der Waals surface area contributed by atoms with Crippen LogP contribution in [0.25, 0.3) is 22.3 Å². The van der Waals surface area contributed by atoms with Gasteiger partial charge in [0.05, 0.1) is 17.0 Å². The van der Waals surface area contributed by atoms with E-state index in [1.165, 1.54) is 6.07 Å². The van der Waals surface area contributed by atoms with Gasteiger partial charge in [-0.25, -0.2) is 4.79 Å². The van der Waals surface area contributed by atoms with Gasteiger partial charge in [-0.05, 0) is 36.4 Å². The van der Waals surface area contributed by atoms with E-state index in [1.807, 2.05) is 0 Å². The normalized spacial score (nSPS) is 10.9. The minimum Gasteiger partial charge on any atom is -0.502 e. The Bertz CT molecular complexity index is 1020. The molecule has 3 aromatic rings. The highest BCUT2D eigenvalue weighted by molar-refractivity contribution is 6.34. The number of fused-ring (bicyclic) bond motifs is 1. The Morgan fingerprint density at radius 1 is 1.11 bits per heavy atom. The van der Waals surface area contributed by atoms with Crippen LogP contribution in [0, 0.1) is 0 Å². The molecule has 2 aromatic carbocycles. The number of ether oxygens (including phenoxy) is 2. The van der Waals surface area contributed by atoms with Crippen molar-refractivity contribution < 1.29 is 28.9 Å². The molecule has 0 atom stereocenters. The van der Waals surface area contributed by atoms with Crippen LogP contribution < -0.4 is 10.2 Å². The highest BCUT2D eigenvalue weighted by atomic mass is 35.5. The van der Waals surface area contributed by atoms with E-state index in [0.29, 0.717) is 11.3 Å². The van der Waals surface area contributed by atoms with E-state index in [-0.39, 0.29) is 41.6 Å². The fourth-order valence-corrected chi connectivity index (χ4v) is 2.66. The Balaban J connectivity index is 1.79. The predicted molar refractivity (Wildman–Crippen MR) is 98.5 cm³/mol. The molecule has 0 saturated carbocycles. The maximum atomic E-state index is 12.3. The number of carbonyl (C=O) groups is 1. The van der Waals surface area contributed by atoms with Crippen molar-refractivity contribution in [1.82, 2.24) is 0 Å². The zero-order valence-electron chi connectivity index (χ0n) is 14.0. The predicted octanol–water partition coefficient (Wildman–Crippen LogP) is 3.30. The third-order valence-corrected chi connectivity index (χ3v) is 3.98. The molecule has 0 unspecified atom stereocenters. The van der Waals surface area contributed by atoms with E-state index in [0.717, 1.165) is 0 Å². The molecule has 7 nitrogen and oxygen atoms in total. The topological polar surface area (TPSA) is 106 Å². The second-order valence-corrected chi connectivity index (χ2v) is 5.95. The van der Waals surface area contributed by atoms with Gasteiger partial charge >= 0.3 is 5.97 Å². The molecular weight excluding hydrogens is 376 g/mol. The smallest absolute Gasteiger partial charge is 0.329 e. The van der Waals surface area contributed by atoms with E-state index < -0.39 is 17.1 Å². The first-order chi connectivity index (χ1) is 13.0. The van der Waals surface area contributed by atoms with Crippen LogP contribution in [0.4, 0.5) is 0 Å². The van der Waals surface area contributed by atoms with Gasteiger partial charge in [0.2, 0.25) is 11.2 Å². The highest BCUT2D eigenvalue weighted by Gasteiger charge is 2.16. The van der Waals surface area contributed by atoms with Crippen LogP contribution in [0.15, 0.2) is 51.7 Å². The fourth-order valence-electron chi connectivity index (χ4n) is 2.45. The lowest BCUT2D eigenvalue weighted by molar-refractivity contribution is -0.142. The number of para-hydroxylation sites is 1. The molecule has 0 aliphatic carbocycles. The van der Waals surface area contributed by atoms with Crippen LogP contribution in [0.2, 0.25) is 5.02 Å². The van der Waals surface area contributed by atoms with Gasteiger partial charge < -0.3 is 24.1 Å². The number of benzene rings is 2. The van der Waals surface area contributed by atoms with E-state index in [2.05, 4.69) is 0 Å². The first-order valence-electron chi connectivity index (χ1n) is 7.94. The number of carboxylic acids is 1. The summed E-state index contributed by atoms with van der Waals surface area (Å²) in [6.07, 6.45) is 0. The van der Waals surface area contributed by atoms with Gasteiger partial charge in [-0.1, -0.05) is 17.7 Å². The molecule has 0 bridgehead atoms. The summed E-state index contributed by atoms with van der Waals surface area (Å²) in [7, 11) is 0. The maximum Gasteiger partial charge on any atom is 0.329 e. The zero-order chi connectivity index (χ0) is 19.4. The summed E-state index contributed by atoms with van der Waals surface area (Å²) in [5.41, 5.74) is 0.110. The standard InChI is InChI=1S/C19H15ClO7/c20-14-3-1-2-13-16(23)17(24)18(27-19(13)14)11-4-6-12(7-5-11)26-9-8-25-10-15(21)22/h1-7,24H,8-10H2,(H,21,22). The largest absolute Gasteiger partial charge is 0.502 e. The Hall–Kier alpha value is -3.03. The summed E-state index contributed by atoms with van der Waals surface area (Å²) < 4.78 is 16.0. The van der Waals surface area contributed by atoms with Crippen molar-refractivity contribution in [3.8, 4) is 22.8 Å². The summed E-state index contributed by atoms with van der Waals surface area (Å²) in [5.74, 6) is -1.02. The molecule has 140 valence electrons. The SMILES string of the molecule is O=C(O)COCCOc1ccc(-c2oc3c(Cl)cccc3c(=O)c2O)cc1. The van der Waals surface area contributed by atoms with Crippen molar-refractivity contribution in [2.24, 2.45) is 0 Å². The van der Waals surface area contributed by atoms with E-state index in [9.17, 15) is 14.7 Å². The molecule has 1 heterocycles. The third kappa shape index (κ3) is 4.21. The number of hydrogen-bond acceptors (Lipinski definition) is 6. The summed E-state index contributed by atoms with van der Waals surface area (Å²) in [4.78, 5) is 22.7. The van der Waals surface area contributed by atoms with Crippen LogP contribution in [0.1, 0.15) is 0 Å². The molecule has 0 amide bonds. The quantitative estimate of drug-likeness (QED) is 0.596. The Morgan fingerprint density at radius 2 is 1.85 bits per heavy atom. The van der Waals surface area contributed by atoms with Gasteiger partial charge in [-0.3, -0.25) is 4.79 Å². The molecule has 0 saturated heterocycles. The molecule has 0 fully saturated rings. The Kier molecular flexibility index (Phi) is 5.63. The molecule has 27 heavy (non-hydrogen) atoms. The van der Waals surface area contributed by atoms with Gasteiger partial charge in [0.1, 0.15) is 19.0 Å². The third-order valence-electron chi connectivity index (χ3n) is 3.68. The molecular formula is C19H15ClO7. The highest BCUT2D eigenvalue weighted by Crippen LogP contribution is 2.33. The number of carboxylic acid groups (broad SMARTS) is 1. The first-order valence-corrected chi connectivity index (χ1v) is 8.32. The number of hydrogen-bond donors (Lipinski definition) is 2. The maximum absolute atomic E-state index is 12.3. The average Bonchev–Trinajstić information content (AvgIpc) is 2.65. The lowest BCUT2D eigenvalue weighted by atomic mass is 10.1. The Morgan fingerprint density at radius 3 is 2.56 bits per heavy atom. The van der Waals surface area contributed by atoms with Crippen molar-refractivity contribution in [2.75, 3.05) is 19.8 Å². The molecule has 1 aromatic heterocycles. The molecule has 8 heteroatoms. The van der Waals surface area contributed by atoms with Crippen LogP contribution >= 0.6 is 11.6 Å². The summed E-state index contributed by atoms with van der Waals surface area (Å²) in [5, 5.41) is 19.1. The van der Waals surface area contributed by atoms with E-state index in [1.54, 1.807) is 36.4 Å². The number of rotatable bonds is 7. The summed E-state index contributed by atoms with van der Waals surface area (Å²) in [6, 6.07) is 11.2. The van der Waals surface area contributed by atoms with E-state index in [4.69, 9.17) is 30.6 Å². The lowest BCUT2D eigenvalue weighted by Gasteiger charge is -2.09. The molecule has 0 spiro atoms. The molecule has 0 radical (unpaired) electrons. The van der Waals surface area contributed by atoms with Crippen molar-refractivity contribution in [3.63, 3.8) is 0 Å². The number of aromatic hydroxyl groups is 1. The van der Waals surface area contributed by atoms with Crippen LogP contribution in [0.3, 0.4) is 0 Å². The van der Waals surface area contributed by atoms with Crippen molar-refractivity contribution >= 4 is 28.5 Å². The second kappa shape index (κ2) is 8.11. The monoisotopic (exact) mass is 390 g/mol. The second-order valence-electron chi connectivity index (χ2n) is 5.54. The minimum absolute atomic E-state index is 0.0111. The summed E-state index contributed by atoms with van der Waals surface area (Å²) >= 11 is 6.09. The molecule has 0 aliphatic heterocycles. The van der Waals surface area contributed by atoms with Crippen LogP contribution in [-0.2, 0) is 9.53 Å².